The third-order valence-electron chi connectivity index (χ3n) is 5.28. The first-order chi connectivity index (χ1) is 15.2. The minimum Gasteiger partial charge on any atom is -0.354 e. The van der Waals surface area contributed by atoms with E-state index in [2.05, 4.69) is 5.32 Å². The van der Waals surface area contributed by atoms with E-state index in [1.807, 2.05) is 44.2 Å². The molecule has 2 rings (SSSR count). The smallest absolute Gasteiger partial charge is 0.243 e. The molecule has 0 aliphatic carbocycles. The fourth-order valence-corrected chi connectivity index (χ4v) is 4.28. The van der Waals surface area contributed by atoms with Gasteiger partial charge in [0, 0.05) is 20.1 Å². The Morgan fingerprint density at radius 2 is 1.66 bits per heavy atom. The summed E-state index contributed by atoms with van der Waals surface area (Å²) in [5.74, 6) is -0.697. The number of unbranched alkanes of at least 4 members (excludes halogenated alkanes) is 1. The highest BCUT2D eigenvalue weighted by Crippen LogP contribution is 2.16. The number of benzene rings is 2. The van der Waals surface area contributed by atoms with E-state index in [1.54, 1.807) is 19.1 Å². The molecule has 1 atom stereocenters. The van der Waals surface area contributed by atoms with Crippen molar-refractivity contribution in [2.45, 2.75) is 51.1 Å². The Labute approximate surface area is 191 Å². The molecule has 0 heterocycles. The molecule has 0 aliphatic rings. The Kier molecular flexibility index (Phi) is 9.41. The summed E-state index contributed by atoms with van der Waals surface area (Å²) >= 11 is 0. The highest BCUT2D eigenvalue weighted by Gasteiger charge is 2.30. The van der Waals surface area contributed by atoms with Crippen LogP contribution in [-0.2, 0) is 26.2 Å². The standard InChI is InChI=1S/C24H33N3O4S/c1-5-6-16-25-24(29)20(3)27(17-21-10-8-7-9-11-21)23(28)18-26(4)32(30,31)22-14-12-19(2)13-15-22/h7-15,20H,5-6,16-18H2,1-4H3,(H,25,29). The predicted molar refractivity (Wildman–Crippen MR) is 125 cm³/mol. The minimum absolute atomic E-state index is 0.123. The maximum Gasteiger partial charge on any atom is 0.243 e. The van der Waals surface area contributed by atoms with Crippen molar-refractivity contribution in [3.05, 3.63) is 65.7 Å². The number of amides is 2. The van der Waals surface area contributed by atoms with E-state index in [0.29, 0.717) is 6.54 Å². The molecule has 0 spiro atoms. The highest BCUT2D eigenvalue weighted by molar-refractivity contribution is 7.89. The molecule has 2 aromatic rings. The first-order valence-corrected chi connectivity index (χ1v) is 12.2. The van der Waals surface area contributed by atoms with Gasteiger partial charge in [-0.1, -0.05) is 61.4 Å². The van der Waals surface area contributed by atoms with Crippen molar-refractivity contribution in [1.29, 1.82) is 0 Å². The number of carbonyl (C=O) groups excluding carboxylic acids is 2. The molecule has 0 bridgehead atoms. The van der Waals surface area contributed by atoms with E-state index >= 15 is 0 Å². The van der Waals surface area contributed by atoms with Gasteiger partial charge in [-0.05, 0) is 38.0 Å². The maximum absolute atomic E-state index is 13.2. The van der Waals surface area contributed by atoms with Crippen LogP contribution in [0.25, 0.3) is 0 Å². The summed E-state index contributed by atoms with van der Waals surface area (Å²) in [7, 11) is -2.46. The zero-order chi connectivity index (χ0) is 23.7. The van der Waals surface area contributed by atoms with Crippen molar-refractivity contribution < 1.29 is 18.0 Å². The normalized spacial score (nSPS) is 12.4. The third-order valence-corrected chi connectivity index (χ3v) is 7.10. The van der Waals surface area contributed by atoms with Crippen molar-refractivity contribution >= 4 is 21.8 Å². The molecule has 174 valence electrons. The number of carbonyl (C=O) groups is 2. The molecule has 7 nitrogen and oxygen atoms in total. The van der Waals surface area contributed by atoms with E-state index in [-0.39, 0.29) is 23.9 Å². The zero-order valence-corrected chi connectivity index (χ0v) is 20.1. The summed E-state index contributed by atoms with van der Waals surface area (Å²) < 4.78 is 26.9. The van der Waals surface area contributed by atoms with Crippen LogP contribution in [0.2, 0.25) is 0 Å². The quantitative estimate of drug-likeness (QED) is 0.524. The molecule has 8 heteroatoms. The monoisotopic (exact) mass is 459 g/mol. The number of aryl methyl sites for hydroxylation is 1. The van der Waals surface area contributed by atoms with Gasteiger partial charge in [0.1, 0.15) is 6.04 Å². The van der Waals surface area contributed by atoms with Gasteiger partial charge in [0.2, 0.25) is 21.8 Å². The van der Waals surface area contributed by atoms with Crippen molar-refractivity contribution in [2.75, 3.05) is 20.1 Å². The van der Waals surface area contributed by atoms with Crippen molar-refractivity contribution in [3.8, 4) is 0 Å². The molecule has 0 fully saturated rings. The van der Waals surface area contributed by atoms with Gasteiger partial charge in [0.05, 0.1) is 11.4 Å². The topological polar surface area (TPSA) is 86.8 Å². The lowest BCUT2D eigenvalue weighted by Crippen LogP contribution is -2.50. The maximum atomic E-state index is 13.2. The number of hydrogen-bond acceptors (Lipinski definition) is 4. The lowest BCUT2D eigenvalue weighted by molar-refractivity contribution is -0.140. The highest BCUT2D eigenvalue weighted by atomic mass is 32.2. The molecule has 0 radical (unpaired) electrons. The van der Waals surface area contributed by atoms with Gasteiger partial charge < -0.3 is 10.2 Å². The van der Waals surface area contributed by atoms with Crippen molar-refractivity contribution in [1.82, 2.24) is 14.5 Å². The van der Waals surface area contributed by atoms with E-state index < -0.39 is 22.0 Å². The summed E-state index contributed by atoms with van der Waals surface area (Å²) in [5, 5.41) is 2.85. The van der Waals surface area contributed by atoms with E-state index in [0.717, 1.165) is 28.3 Å². The Balaban J connectivity index is 2.20. The Morgan fingerprint density at radius 3 is 2.25 bits per heavy atom. The largest absolute Gasteiger partial charge is 0.354 e. The second-order valence-corrected chi connectivity index (χ2v) is 9.95. The molecule has 1 unspecified atom stereocenters. The second kappa shape index (κ2) is 11.8. The molecule has 0 aliphatic heterocycles. The molecule has 0 saturated carbocycles. The molecular weight excluding hydrogens is 426 g/mol. The van der Waals surface area contributed by atoms with Crippen LogP contribution in [0.15, 0.2) is 59.5 Å². The summed E-state index contributed by atoms with van der Waals surface area (Å²) in [5.41, 5.74) is 1.80. The Morgan fingerprint density at radius 1 is 1.03 bits per heavy atom. The van der Waals surface area contributed by atoms with Crippen LogP contribution in [0.4, 0.5) is 0 Å². The van der Waals surface area contributed by atoms with E-state index in [4.69, 9.17) is 0 Å². The lowest BCUT2D eigenvalue weighted by atomic mass is 10.1. The number of likely N-dealkylation sites (N-methyl/N-ethyl adjacent to an activating group) is 1. The van der Waals surface area contributed by atoms with Crippen LogP contribution in [0.5, 0.6) is 0 Å². The first kappa shape index (κ1) is 25.5. The van der Waals surface area contributed by atoms with Crippen LogP contribution in [0.1, 0.15) is 37.8 Å². The lowest BCUT2D eigenvalue weighted by Gasteiger charge is -2.30. The Bertz CT molecular complexity index is 992. The fraction of sp³-hybridized carbons (Fsp3) is 0.417. The van der Waals surface area contributed by atoms with Gasteiger partial charge in [0.15, 0.2) is 0 Å². The van der Waals surface area contributed by atoms with Crippen LogP contribution < -0.4 is 5.32 Å². The number of hydrogen-bond donors (Lipinski definition) is 1. The molecule has 32 heavy (non-hydrogen) atoms. The SMILES string of the molecule is CCCCNC(=O)C(C)N(Cc1ccccc1)C(=O)CN(C)S(=O)(=O)c1ccc(C)cc1. The first-order valence-electron chi connectivity index (χ1n) is 10.8. The number of rotatable bonds is 11. The van der Waals surface area contributed by atoms with Crippen LogP contribution in [-0.4, -0.2) is 55.6 Å². The third kappa shape index (κ3) is 6.90. The van der Waals surface area contributed by atoms with E-state index in [1.165, 1.54) is 24.1 Å². The molecule has 2 aromatic carbocycles. The van der Waals surface area contributed by atoms with Crippen molar-refractivity contribution in [3.63, 3.8) is 0 Å². The van der Waals surface area contributed by atoms with Gasteiger partial charge in [0.25, 0.3) is 0 Å². The molecule has 2 amide bonds. The Hall–Kier alpha value is -2.71. The summed E-state index contributed by atoms with van der Waals surface area (Å²) in [6.45, 7) is 5.95. The van der Waals surface area contributed by atoms with Gasteiger partial charge in [-0.3, -0.25) is 9.59 Å². The van der Waals surface area contributed by atoms with Crippen molar-refractivity contribution in [2.24, 2.45) is 0 Å². The van der Waals surface area contributed by atoms with Gasteiger partial charge >= 0.3 is 0 Å². The number of nitrogens with one attached hydrogen (secondary N) is 1. The molecule has 0 saturated heterocycles. The average molecular weight is 460 g/mol. The minimum atomic E-state index is -3.84. The molecule has 1 N–H and O–H groups in total. The van der Waals surface area contributed by atoms with Crippen LogP contribution in [0.3, 0.4) is 0 Å². The average Bonchev–Trinajstić information content (AvgIpc) is 2.78. The number of sulfonamides is 1. The number of nitrogens with zero attached hydrogens (tertiary/aromatic N) is 2. The fourth-order valence-electron chi connectivity index (χ4n) is 3.16. The van der Waals surface area contributed by atoms with Crippen LogP contribution in [0, 0.1) is 6.92 Å². The zero-order valence-electron chi connectivity index (χ0n) is 19.2. The van der Waals surface area contributed by atoms with Crippen LogP contribution >= 0.6 is 0 Å². The molecule has 0 aromatic heterocycles. The van der Waals surface area contributed by atoms with Gasteiger partial charge in [-0.2, -0.15) is 4.31 Å². The second-order valence-electron chi connectivity index (χ2n) is 7.90. The summed E-state index contributed by atoms with van der Waals surface area (Å²) in [4.78, 5) is 27.4. The predicted octanol–water partition coefficient (Wildman–Crippen LogP) is 2.95. The van der Waals surface area contributed by atoms with Gasteiger partial charge in [-0.15, -0.1) is 0 Å². The van der Waals surface area contributed by atoms with E-state index in [9.17, 15) is 18.0 Å². The van der Waals surface area contributed by atoms with Gasteiger partial charge in [-0.25, -0.2) is 8.42 Å². The summed E-state index contributed by atoms with van der Waals surface area (Å²) in [6, 6.07) is 15.1. The summed E-state index contributed by atoms with van der Waals surface area (Å²) in [6.07, 6.45) is 1.80. The molecular formula is C24H33N3O4S.